The molecule has 0 radical (unpaired) electrons. The number of nitrogens with zero attached hydrogens (tertiary/aromatic N) is 2. The number of benzene rings is 1. The molecule has 0 saturated heterocycles. The standard InChI is InChI=1S/C22H38N4O3/c1-5-23-22(24-10-11-26(12-13-27-3)20-8-9-20)25-17-19-7-6-18(2)16-21(19)29-15-14-28-4/h6-7,16,20H,5,8-15,17H2,1-4H3,(H2,23,24,25). The van der Waals surface area contributed by atoms with Gasteiger partial charge in [0.15, 0.2) is 5.96 Å². The zero-order valence-corrected chi connectivity index (χ0v) is 18.5. The SMILES string of the molecule is CCNC(=NCc1ccc(C)cc1OCCOC)NCCN(CCOC)C1CC1. The van der Waals surface area contributed by atoms with Crippen LogP contribution in [0.5, 0.6) is 5.75 Å². The van der Waals surface area contributed by atoms with Crippen molar-refractivity contribution in [3.8, 4) is 5.75 Å². The number of aryl methyl sites for hydroxylation is 1. The first-order valence-electron chi connectivity index (χ1n) is 10.6. The van der Waals surface area contributed by atoms with E-state index >= 15 is 0 Å². The van der Waals surface area contributed by atoms with Crippen LogP contribution in [-0.2, 0) is 16.0 Å². The van der Waals surface area contributed by atoms with Gasteiger partial charge in [-0.25, -0.2) is 4.99 Å². The summed E-state index contributed by atoms with van der Waals surface area (Å²) in [6.07, 6.45) is 2.61. The van der Waals surface area contributed by atoms with Gasteiger partial charge in [-0.05, 0) is 38.3 Å². The van der Waals surface area contributed by atoms with E-state index in [-0.39, 0.29) is 0 Å². The zero-order chi connectivity index (χ0) is 20.9. The molecule has 0 aliphatic heterocycles. The lowest BCUT2D eigenvalue weighted by Crippen LogP contribution is -2.42. The number of hydrogen-bond donors (Lipinski definition) is 2. The van der Waals surface area contributed by atoms with Crippen molar-refractivity contribution in [3.05, 3.63) is 29.3 Å². The molecule has 29 heavy (non-hydrogen) atoms. The predicted molar refractivity (Wildman–Crippen MR) is 118 cm³/mol. The molecule has 2 N–H and O–H groups in total. The van der Waals surface area contributed by atoms with Gasteiger partial charge in [-0.2, -0.15) is 0 Å². The summed E-state index contributed by atoms with van der Waals surface area (Å²) in [5.41, 5.74) is 2.25. The molecule has 0 heterocycles. The van der Waals surface area contributed by atoms with Gasteiger partial charge < -0.3 is 24.8 Å². The van der Waals surface area contributed by atoms with Crippen molar-refractivity contribution in [2.75, 3.05) is 60.2 Å². The lowest BCUT2D eigenvalue weighted by Gasteiger charge is -2.22. The van der Waals surface area contributed by atoms with Gasteiger partial charge >= 0.3 is 0 Å². The Kier molecular flexibility index (Phi) is 10.8. The van der Waals surface area contributed by atoms with Gasteiger partial charge in [-0.15, -0.1) is 0 Å². The lowest BCUT2D eigenvalue weighted by atomic mass is 10.1. The summed E-state index contributed by atoms with van der Waals surface area (Å²) < 4.78 is 16.2. The van der Waals surface area contributed by atoms with Gasteiger partial charge in [0.2, 0.25) is 0 Å². The van der Waals surface area contributed by atoms with Crippen LogP contribution in [0.1, 0.15) is 30.9 Å². The normalized spacial score (nSPS) is 14.3. The minimum Gasteiger partial charge on any atom is -0.491 e. The minimum absolute atomic E-state index is 0.535. The first-order chi connectivity index (χ1) is 14.2. The van der Waals surface area contributed by atoms with E-state index < -0.39 is 0 Å². The first-order valence-corrected chi connectivity index (χ1v) is 10.6. The zero-order valence-electron chi connectivity index (χ0n) is 18.5. The van der Waals surface area contributed by atoms with Crippen molar-refractivity contribution in [2.24, 2.45) is 4.99 Å². The average molecular weight is 407 g/mol. The van der Waals surface area contributed by atoms with E-state index in [9.17, 15) is 0 Å². The van der Waals surface area contributed by atoms with Crippen LogP contribution in [0.25, 0.3) is 0 Å². The predicted octanol–water partition coefficient (Wildman–Crippen LogP) is 2.19. The van der Waals surface area contributed by atoms with Crippen LogP contribution in [0, 0.1) is 6.92 Å². The van der Waals surface area contributed by atoms with Gasteiger partial charge in [0.1, 0.15) is 12.4 Å². The maximum atomic E-state index is 5.88. The van der Waals surface area contributed by atoms with Crippen molar-refractivity contribution >= 4 is 5.96 Å². The van der Waals surface area contributed by atoms with E-state index in [0.717, 1.165) is 56.1 Å². The second-order valence-corrected chi connectivity index (χ2v) is 7.33. The average Bonchev–Trinajstić information content (AvgIpc) is 3.55. The van der Waals surface area contributed by atoms with E-state index in [0.29, 0.717) is 19.8 Å². The molecule has 1 saturated carbocycles. The van der Waals surface area contributed by atoms with Crippen LogP contribution in [0.15, 0.2) is 23.2 Å². The molecule has 0 spiro atoms. The third-order valence-corrected chi connectivity index (χ3v) is 4.86. The largest absolute Gasteiger partial charge is 0.491 e. The fourth-order valence-corrected chi connectivity index (χ4v) is 3.11. The van der Waals surface area contributed by atoms with Crippen molar-refractivity contribution in [2.45, 2.75) is 39.3 Å². The Balaban J connectivity index is 1.90. The second kappa shape index (κ2) is 13.4. The van der Waals surface area contributed by atoms with Crippen LogP contribution in [0.2, 0.25) is 0 Å². The van der Waals surface area contributed by atoms with E-state index in [1.165, 1.54) is 18.4 Å². The van der Waals surface area contributed by atoms with E-state index in [1.807, 2.05) is 0 Å². The van der Waals surface area contributed by atoms with Crippen molar-refractivity contribution in [3.63, 3.8) is 0 Å². The van der Waals surface area contributed by atoms with Gasteiger partial charge in [0.25, 0.3) is 0 Å². The number of methoxy groups -OCH3 is 2. The van der Waals surface area contributed by atoms with Crippen molar-refractivity contribution < 1.29 is 14.2 Å². The maximum absolute atomic E-state index is 5.88. The summed E-state index contributed by atoms with van der Waals surface area (Å²) in [5.74, 6) is 1.71. The van der Waals surface area contributed by atoms with E-state index in [1.54, 1.807) is 14.2 Å². The van der Waals surface area contributed by atoms with Gasteiger partial charge in [0.05, 0.1) is 19.8 Å². The minimum atomic E-state index is 0.535. The number of ether oxygens (including phenoxy) is 3. The molecular weight excluding hydrogens is 368 g/mol. The van der Waals surface area contributed by atoms with Gasteiger partial charge in [-0.3, -0.25) is 4.90 Å². The molecule has 1 aliphatic carbocycles. The van der Waals surface area contributed by atoms with Crippen LogP contribution in [0.3, 0.4) is 0 Å². The third kappa shape index (κ3) is 9.02. The number of rotatable bonds is 14. The van der Waals surface area contributed by atoms with Crippen LogP contribution in [-0.4, -0.2) is 77.1 Å². The highest BCUT2D eigenvalue weighted by Crippen LogP contribution is 2.26. The first kappa shape index (κ1) is 23.4. The fourth-order valence-electron chi connectivity index (χ4n) is 3.11. The summed E-state index contributed by atoms with van der Waals surface area (Å²) in [6, 6.07) is 6.97. The number of nitrogens with one attached hydrogen (secondary N) is 2. The highest BCUT2D eigenvalue weighted by atomic mass is 16.5. The van der Waals surface area contributed by atoms with E-state index in [4.69, 9.17) is 19.2 Å². The molecule has 0 aromatic heterocycles. The Bertz CT molecular complexity index is 620. The Morgan fingerprint density at radius 2 is 1.90 bits per heavy atom. The Hall–Kier alpha value is -1.83. The molecule has 0 bridgehead atoms. The molecule has 0 atom stereocenters. The molecule has 1 fully saturated rings. The second-order valence-electron chi connectivity index (χ2n) is 7.33. The van der Waals surface area contributed by atoms with Gasteiger partial charge in [0, 0.05) is 52.0 Å². The topological polar surface area (TPSA) is 67.4 Å². The molecule has 1 aliphatic rings. The molecule has 164 valence electrons. The quantitative estimate of drug-likeness (QED) is 0.280. The molecular formula is C22H38N4O3. The molecule has 2 rings (SSSR count). The number of aliphatic imine (C=N–C) groups is 1. The molecule has 1 aromatic rings. The molecule has 7 heteroatoms. The molecule has 7 nitrogen and oxygen atoms in total. The van der Waals surface area contributed by atoms with Crippen molar-refractivity contribution in [1.82, 2.24) is 15.5 Å². The van der Waals surface area contributed by atoms with Crippen molar-refractivity contribution in [1.29, 1.82) is 0 Å². The Morgan fingerprint density at radius 3 is 2.59 bits per heavy atom. The smallest absolute Gasteiger partial charge is 0.191 e. The molecule has 1 aromatic carbocycles. The van der Waals surface area contributed by atoms with E-state index in [2.05, 4.69) is 47.6 Å². The molecule has 0 unspecified atom stereocenters. The lowest BCUT2D eigenvalue weighted by molar-refractivity contribution is 0.144. The van der Waals surface area contributed by atoms with Crippen LogP contribution < -0.4 is 15.4 Å². The summed E-state index contributed by atoms with van der Waals surface area (Å²) in [5, 5.41) is 6.79. The summed E-state index contributed by atoms with van der Waals surface area (Å²) in [4.78, 5) is 7.26. The Morgan fingerprint density at radius 1 is 1.10 bits per heavy atom. The third-order valence-electron chi connectivity index (χ3n) is 4.86. The van der Waals surface area contributed by atoms with Crippen LogP contribution >= 0.6 is 0 Å². The monoisotopic (exact) mass is 406 g/mol. The summed E-state index contributed by atoms with van der Waals surface area (Å²) in [6.45, 7) is 10.3. The maximum Gasteiger partial charge on any atom is 0.191 e. The number of hydrogen-bond acceptors (Lipinski definition) is 5. The number of guanidine groups is 1. The molecule has 0 amide bonds. The highest BCUT2D eigenvalue weighted by Gasteiger charge is 2.28. The van der Waals surface area contributed by atoms with Crippen LogP contribution in [0.4, 0.5) is 0 Å². The highest BCUT2D eigenvalue weighted by molar-refractivity contribution is 5.79. The summed E-state index contributed by atoms with van der Waals surface area (Å²) in [7, 11) is 3.44. The Labute approximate surface area is 175 Å². The van der Waals surface area contributed by atoms with Gasteiger partial charge in [-0.1, -0.05) is 12.1 Å². The fraction of sp³-hybridized carbons (Fsp3) is 0.682. The summed E-state index contributed by atoms with van der Waals surface area (Å²) >= 11 is 0.